The van der Waals surface area contributed by atoms with Crippen LogP contribution in [0, 0.1) is 27.7 Å². The first-order valence-corrected chi connectivity index (χ1v) is 9.39. The van der Waals surface area contributed by atoms with Crippen LogP contribution in [0.1, 0.15) is 39.2 Å². The lowest BCUT2D eigenvalue weighted by Crippen LogP contribution is -2.06. The Balaban J connectivity index is 1.74. The fourth-order valence-electron chi connectivity index (χ4n) is 3.47. The average molecular weight is 386 g/mol. The lowest BCUT2D eigenvalue weighted by molar-refractivity contribution is 0.0697. The number of aromatic carboxylic acids is 1. The number of benzene rings is 2. The van der Waals surface area contributed by atoms with E-state index >= 15 is 0 Å². The summed E-state index contributed by atoms with van der Waals surface area (Å²) in [6.07, 6.45) is 0.822. The summed E-state index contributed by atoms with van der Waals surface area (Å²) in [4.78, 5) is 11.3. The van der Waals surface area contributed by atoms with Crippen LogP contribution in [-0.2, 0) is 6.54 Å². The molecule has 0 unspecified atom stereocenters. The molecule has 0 bridgehead atoms. The van der Waals surface area contributed by atoms with Crippen LogP contribution in [0.2, 0.25) is 5.02 Å². The van der Waals surface area contributed by atoms with Crippen molar-refractivity contribution in [3.8, 4) is 5.75 Å². The van der Waals surface area contributed by atoms with E-state index in [1.807, 2.05) is 32.0 Å². The number of rotatable bonds is 6. The largest absolute Gasteiger partial charge is 0.494 e. The molecule has 0 atom stereocenters. The Kier molecular flexibility index (Phi) is 5.47. The van der Waals surface area contributed by atoms with Gasteiger partial charge in [-0.2, -0.15) is 0 Å². The zero-order valence-electron chi connectivity index (χ0n) is 16.1. The normalized spacial score (nSPS) is 11.1. The molecule has 0 saturated heterocycles. The van der Waals surface area contributed by atoms with Crippen LogP contribution in [-0.4, -0.2) is 22.2 Å². The first kappa shape index (κ1) is 19.3. The van der Waals surface area contributed by atoms with Crippen LogP contribution in [0.4, 0.5) is 0 Å². The van der Waals surface area contributed by atoms with Crippen molar-refractivity contribution in [3.63, 3.8) is 0 Å². The Morgan fingerprint density at radius 1 is 1.11 bits per heavy atom. The van der Waals surface area contributed by atoms with Crippen molar-refractivity contribution in [2.45, 2.75) is 40.7 Å². The zero-order valence-corrected chi connectivity index (χ0v) is 16.9. The highest BCUT2D eigenvalue weighted by atomic mass is 35.5. The highest BCUT2D eigenvalue weighted by molar-refractivity contribution is 6.32. The van der Waals surface area contributed by atoms with E-state index in [-0.39, 0.29) is 0 Å². The van der Waals surface area contributed by atoms with Crippen LogP contribution in [0.25, 0.3) is 10.9 Å². The minimum absolute atomic E-state index is 0.310. The summed E-state index contributed by atoms with van der Waals surface area (Å²) in [7, 11) is 0. The summed E-state index contributed by atoms with van der Waals surface area (Å²) in [6.45, 7) is 9.44. The number of carbonyl (C=O) groups is 1. The van der Waals surface area contributed by atoms with E-state index in [2.05, 4.69) is 18.4 Å². The van der Waals surface area contributed by atoms with Crippen LogP contribution < -0.4 is 4.74 Å². The topological polar surface area (TPSA) is 51.5 Å². The summed E-state index contributed by atoms with van der Waals surface area (Å²) in [5, 5.41) is 11.2. The molecular weight excluding hydrogens is 362 g/mol. The van der Waals surface area contributed by atoms with Crippen molar-refractivity contribution in [3.05, 3.63) is 63.3 Å². The standard InChI is InChI=1S/C22H24ClNO3/c1-13-10-18(11-14(2)21(13)23)27-9-5-8-24-16(4)15(3)19-7-6-17(22(25)26)12-20(19)24/h6-7,10-12H,5,8-9H2,1-4H3,(H,25,26). The second kappa shape index (κ2) is 7.65. The average Bonchev–Trinajstić information content (AvgIpc) is 2.87. The van der Waals surface area contributed by atoms with E-state index in [0.717, 1.165) is 51.5 Å². The van der Waals surface area contributed by atoms with Crippen LogP contribution in [0.3, 0.4) is 0 Å². The second-order valence-electron chi connectivity index (χ2n) is 6.97. The molecule has 0 aliphatic rings. The number of aromatic nitrogens is 1. The smallest absolute Gasteiger partial charge is 0.335 e. The molecule has 3 aromatic rings. The molecule has 0 spiro atoms. The summed E-state index contributed by atoms with van der Waals surface area (Å²) in [5.74, 6) is -0.0791. The Hall–Kier alpha value is -2.46. The molecule has 0 aliphatic heterocycles. The highest BCUT2D eigenvalue weighted by Crippen LogP contribution is 2.28. The van der Waals surface area contributed by atoms with Gasteiger partial charge in [-0.25, -0.2) is 4.79 Å². The summed E-state index contributed by atoms with van der Waals surface area (Å²) in [5.41, 5.74) is 5.64. The first-order valence-electron chi connectivity index (χ1n) is 9.02. The number of halogens is 1. The maximum atomic E-state index is 11.3. The number of hydrogen-bond donors (Lipinski definition) is 1. The van der Waals surface area contributed by atoms with E-state index in [1.54, 1.807) is 12.1 Å². The molecule has 5 heteroatoms. The van der Waals surface area contributed by atoms with E-state index in [9.17, 15) is 9.90 Å². The second-order valence-corrected chi connectivity index (χ2v) is 7.35. The Morgan fingerprint density at radius 3 is 2.41 bits per heavy atom. The molecule has 3 rings (SSSR count). The van der Waals surface area contributed by atoms with Gasteiger partial charge >= 0.3 is 5.97 Å². The van der Waals surface area contributed by atoms with Crippen molar-refractivity contribution in [2.24, 2.45) is 0 Å². The molecule has 0 amide bonds. The van der Waals surface area contributed by atoms with Crippen molar-refractivity contribution < 1.29 is 14.6 Å². The van der Waals surface area contributed by atoms with Gasteiger partial charge in [-0.3, -0.25) is 0 Å². The Bertz CT molecular complexity index is 997. The quantitative estimate of drug-likeness (QED) is 0.554. The third kappa shape index (κ3) is 3.81. The third-order valence-corrected chi connectivity index (χ3v) is 5.69. The fourth-order valence-corrected chi connectivity index (χ4v) is 3.58. The van der Waals surface area contributed by atoms with Gasteiger partial charge in [-0.1, -0.05) is 17.7 Å². The maximum Gasteiger partial charge on any atom is 0.335 e. The van der Waals surface area contributed by atoms with Gasteiger partial charge in [-0.05, 0) is 75.1 Å². The number of fused-ring (bicyclic) bond motifs is 1. The summed E-state index contributed by atoms with van der Waals surface area (Å²) < 4.78 is 8.08. The predicted octanol–water partition coefficient (Wildman–Crippen LogP) is 5.70. The van der Waals surface area contributed by atoms with Gasteiger partial charge in [-0.15, -0.1) is 0 Å². The molecule has 1 aromatic heterocycles. The molecule has 0 saturated carbocycles. The van der Waals surface area contributed by atoms with Crippen LogP contribution in [0.5, 0.6) is 5.75 Å². The van der Waals surface area contributed by atoms with Crippen molar-refractivity contribution >= 4 is 28.5 Å². The van der Waals surface area contributed by atoms with Gasteiger partial charge in [0.2, 0.25) is 0 Å². The number of ether oxygens (including phenoxy) is 1. The van der Waals surface area contributed by atoms with Gasteiger partial charge in [0.25, 0.3) is 0 Å². The van der Waals surface area contributed by atoms with E-state index in [0.29, 0.717) is 12.2 Å². The highest BCUT2D eigenvalue weighted by Gasteiger charge is 2.13. The minimum Gasteiger partial charge on any atom is -0.494 e. The first-order chi connectivity index (χ1) is 12.8. The molecule has 142 valence electrons. The molecule has 1 N–H and O–H groups in total. The van der Waals surface area contributed by atoms with Crippen molar-refractivity contribution in [1.82, 2.24) is 4.57 Å². The lowest BCUT2D eigenvalue weighted by Gasteiger charge is -2.12. The Labute approximate surface area is 164 Å². The number of aryl methyl sites for hydroxylation is 4. The number of carboxylic acids is 1. The van der Waals surface area contributed by atoms with E-state index < -0.39 is 5.97 Å². The molecule has 4 nitrogen and oxygen atoms in total. The maximum absolute atomic E-state index is 11.3. The predicted molar refractivity (Wildman–Crippen MR) is 109 cm³/mol. The van der Waals surface area contributed by atoms with Crippen molar-refractivity contribution in [2.75, 3.05) is 6.61 Å². The molecule has 1 heterocycles. The lowest BCUT2D eigenvalue weighted by atomic mass is 10.1. The van der Waals surface area contributed by atoms with Crippen LogP contribution >= 0.6 is 11.6 Å². The number of hydrogen-bond acceptors (Lipinski definition) is 2. The monoisotopic (exact) mass is 385 g/mol. The molecule has 2 aromatic carbocycles. The molecular formula is C22H24ClNO3. The molecule has 0 aliphatic carbocycles. The van der Waals surface area contributed by atoms with Gasteiger partial charge in [0.15, 0.2) is 0 Å². The SMILES string of the molecule is Cc1cc(OCCCn2c(C)c(C)c3ccc(C(=O)O)cc32)cc(C)c1Cl. The molecule has 0 fully saturated rings. The number of nitrogens with zero attached hydrogens (tertiary/aromatic N) is 1. The minimum atomic E-state index is -0.906. The molecule has 0 radical (unpaired) electrons. The van der Waals surface area contributed by atoms with Gasteiger partial charge in [0.1, 0.15) is 5.75 Å². The summed E-state index contributed by atoms with van der Waals surface area (Å²) in [6, 6.07) is 9.22. The van der Waals surface area contributed by atoms with E-state index in [1.165, 1.54) is 5.56 Å². The van der Waals surface area contributed by atoms with Crippen molar-refractivity contribution in [1.29, 1.82) is 0 Å². The van der Waals surface area contributed by atoms with Crippen LogP contribution in [0.15, 0.2) is 30.3 Å². The van der Waals surface area contributed by atoms with Gasteiger partial charge < -0.3 is 14.4 Å². The fraction of sp³-hybridized carbons (Fsp3) is 0.318. The Morgan fingerprint density at radius 2 is 1.78 bits per heavy atom. The van der Waals surface area contributed by atoms with Gasteiger partial charge in [0.05, 0.1) is 12.2 Å². The third-order valence-electron chi connectivity index (χ3n) is 5.09. The molecule has 27 heavy (non-hydrogen) atoms. The van der Waals surface area contributed by atoms with Gasteiger partial charge in [0, 0.05) is 28.2 Å². The zero-order chi connectivity index (χ0) is 19.7. The summed E-state index contributed by atoms with van der Waals surface area (Å²) >= 11 is 6.20. The number of carboxylic acid groups (broad SMARTS) is 1. The van der Waals surface area contributed by atoms with E-state index in [4.69, 9.17) is 16.3 Å².